The van der Waals surface area contributed by atoms with E-state index in [4.69, 9.17) is 19.2 Å². The molecule has 0 atom stereocenters. The monoisotopic (exact) mass is 390 g/mol. The molecule has 5 nitrogen and oxygen atoms in total. The zero-order chi connectivity index (χ0) is 19.7. The second-order valence-corrected chi connectivity index (χ2v) is 7.87. The highest BCUT2D eigenvalue weighted by molar-refractivity contribution is 5.86. The zero-order valence-corrected chi connectivity index (χ0v) is 16.8. The molecule has 2 aliphatic heterocycles. The molecule has 1 aromatic heterocycles. The van der Waals surface area contributed by atoms with Crippen molar-refractivity contribution in [3.63, 3.8) is 0 Å². The zero-order valence-electron chi connectivity index (χ0n) is 16.8. The Balaban J connectivity index is 1.36. The molecule has 2 aliphatic rings. The normalized spacial score (nSPS) is 18.4. The van der Waals surface area contributed by atoms with Gasteiger partial charge in [0.1, 0.15) is 23.7 Å². The van der Waals surface area contributed by atoms with Crippen molar-refractivity contribution in [2.24, 2.45) is 0 Å². The molecule has 0 N–H and O–H groups in total. The number of ether oxygens (including phenoxy) is 3. The van der Waals surface area contributed by atoms with E-state index in [0.717, 1.165) is 54.0 Å². The van der Waals surface area contributed by atoms with Crippen LogP contribution in [0.1, 0.15) is 24.0 Å². The minimum Gasteiger partial charge on any atom is -0.487 e. The fourth-order valence-electron chi connectivity index (χ4n) is 4.23. The summed E-state index contributed by atoms with van der Waals surface area (Å²) in [6, 6.07) is 18.7. The molecular weight excluding hydrogens is 364 g/mol. The van der Waals surface area contributed by atoms with Crippen molar-refractivity contribution in [3.8, 4) is 5.75 Å². The Morgan fingerprint density at radius 3 is 2.59 bits per heavy atom. The lowest BCUT2D eigenvalue weighted by Crippen LogP contribution is -2.45. The number of aromatic nitrogens is 1. The summed E-state index contributed by atoms with van der Waals surface area (Å²) in [5.41, 5.74) is 3.31. The first-order valence-corrected chi connectivity index (χ1v) is 10.3. The molecule has 1 spiro atoms. The van der Waals surface area contributed by atoms with Crippen molar-refractivity contribution in [3.05, 3.63) is 65.7 Å². The van der Waals surface area contributed by atoms with Crippen LogP contribution >= 0.6 is 0 Å². The number of benzene rings is 2. The van der Waals surface area contributed by atoms with Gasteiger partial charge in [-0.05, 0) is 30.7 Å². The molecule has 3 heterocycles. The Morgan fingerprint density at radius 1 is 1.00 bits per heavy atom. The van der Waals surface area contributed by atoms with Crippen LogP contribution in [-0.4, -0.2) is 37.1 Å². The van der Waals surface area contributed by atoms with Crippen LogP contribution in [0.2, 0.25) is 0 Å². The van der Waals surface area contributed by atoms with Gasteiger partial charge in [-0.2, -0.15) is 0 Å². The summed E-state index contributed by atoms with van der Waals surface area (Å²) in [7, 11) is 0. The number of aryl methyl sites for hydroxylation is 1. The third kappa shape index (κ3) is 3.80. The molecule has 5 heteroatoms. The van der Waals surface area contributed by atoms with Gasteiger partial charge in [0.15, 0.2) is 5.79 Å². The van der Waals surface area contributed by atoms with Gasteiger partial charge < -0.3 is 19.1 Å². The largest absolute Gasteiger partial charge is 0.487 e. The fraction of sp³-hybridized carbons (Fsp3) is 0.375. The highest BCUT2D eigenvalue weighted by Gasteiger charge is 2.40. The summed E-state index contributed by atoms with van der Waals surface area (Å²) < 4.78 is 17.9. The minimum atomic E-state index is -0.366. The van der Waals surface area contributed by atoms with Gasteiger partial charge in [0.2, 0.25) is 0 Å². The lowest BCUT2D eigenvalue weighted by Gasteiger charge is -2.38. The topological polar surface area (TPSA) is 43.8 Å². The van der Waals surface area contributed by atoms with Gasteiger partial charge in [-0.25, -0.2) is 4.98 Å². The lowest BCUT2D eigenvalue weighted by molar-refractivity contribution is -0.169. The van der Waals surface area contributed by atoms with Crippen molar-refractivity contribution < 1.29 is 14.2 Å². The van der Waals surface area contributed by atoms with Crippen LogP contribution in [-0.2, 0) is 16.1 Å². The van der Waals surface area contributed by atoms with Crippen LogP contribution in [0.3, 0.4) is 0 Å². The van der Waals surface area contributed by atoms with Gasteiger partial charge in [-0.15, -0.1) is 0 Å². The number of fused-ring (bicyclic) bond motifs is 1. The molecule has 0 saturated carbocycles. The molecule has 2 saturated heterocycles. The van der Waals surface area contributed by atoms with Crippen LogP contribution in [0.15, 0.2) is 54.6 Å². The average Bonchev–Trinajstić information content (AvgIpc) is 3.20. The molecule has 0 aliphatic carbocycles. The highest BCUT2D eigenvalue weighted by Crippen LogP contribution is 2.34. The standard InChI is InChI=1S/C24H26N2O3/c1-18-4-2-5-19(16-18)17-27-21-7-3-6-20-8-9-22(25-23(20)21)26-12-10-24(11-13-26)28-14-15-29-24/h2-9,16H,10-15,17H2,1H3. The molecule has 0 bridgehead atoms. The summed E-state index contributed by atoms with van der Waals surface area (Å²) in [5, 5.41) is 1.09. The Hall–Kier alpha value is -2.63. The molecular formula is C24H26N2O3. The molecule has 0 unspecified atom stereocenters. The van der Waals surface area contributed by atoms with Gasteiger partial charge in [0.05, 0.1) is 13.2 Å². The van der Waals surface area contributed by atoms with E-state index in [-0.39, 0.29) is 5.79 Å². The molecule has 150 valence electrons. The van der Waals surface area contributed by atoms with E-state index in [0.29, 0.717) is 19.8 Å². The summed E-state index contributed by atoms with van der Waals surface area (Å²) in [5.74, 6) is 1.44. The van der Waals surface area contributed by atoms with Crippen LogP contribution in [0.25, 0.3) is 10.9 Å². The Kier molecular flexibility index (Phi) is 4.86. The van der Waals surface area contributed by atoms with Crippen molar-refractivity contribution in [2.75, 3.05) is 31.2 Å². The maximum Gasteiger partial charge on any atom is 0.171 e. The number of hydrogen-bond donors (Lipinski definition) is 0. The maximum absolute atomic E-state index is 6.16. The van der Waals surface area contributed by atoms with Crippen LogP contribution in [0, 0.1) is 6.92 Å². The van der Waals surface area contributed by atoms with Gasteiger partial charge in [0, 0.05) is 31.3 Å². The molecule has 0 amide bonds. The SMILES string of the molecule is Cc1cccc(COc2cccc3ccc(N4CCC5(CC4)OCCO5)nc23)c1. The number of nitrogens with zero attached hydrogens (tertiary/aromatic N) is 2. The fourth-order valence-corrected chi connectivity index (χ4v) is 4.23. The molecule has 29 heavy (non-hydrogen) atoms. The van der Waals surface area contributed by atoms with Crippen molar-refractivity contribution in [2.45, 2.75) is 32.2 Å². The molecule has 3 aromatic rings. The Bertz CT molecular complexity index is 1000. The van der Waals surface area contributed by atoms with Crippen molar-refractivity contribution in [1.29, 1.82) is 0 Å². The Morgan fingerprint density at radius 2 is 1.79 bits per heavy atom. The second-order valence-electron chi connectivity index (χ2n) is 7.87. The number of para-hydroxylation sites is 1. The number of anilines is 1. The van der Waals surface area contributed by atoms with E-state index in [1.54, 1.807) is 0 Å². The van der Waals surface area contributed by atoms with E-state index in [1.807, 2.05) is 12.1 Å². The summed E-state index contributed by atoms with van der Waals surface area (Å²) >= 11 is 0. The van der Waals surface area contributed by atoms with E-state index in [1.165, 1.54) is 5.56 Å². The van der Waals surface area contributed by atoms with E-state index >= 15 is 0 Å². The van der Waals surface area contributed by atoms with E-state index < -0.39 is 0 Å². The van der Waals surface area contributed by atoms with E-state index in [2.05, 4.69) is 54.3 Å². The summed E-state index contributed by atoms with van der Waals surface area (Å²) in [6.45, 7) is 5.80. The summed E-state index contributed by atoms with van der Waals surface area (Å²) in [4.78, 5) is 7.28. The van der Waals surface area contributed by atoms with Gasteiger partial charge >= 0.3 is 0 Å². The number of piperidine rings is 1. The third-order valence-electron chi connectivity index (χ3n) is 5.81. The predicted molar refractivity (Wildman–Crippen MR) is 113 cm³/mol. The van der Waals surface area contributed by atoms with Crippen molar-refractivity contribution >= 4 is 16.7 Å². The second kappa shape index (κ2) is 7.65. The highest BCUT2D eigenvalue weighted by atomic mass is 16.7. The van der Waals surface area contributed by atoms with Crippen molar-refractivity contribution in [1.82, 2.24) is 4.98 Å². The lowest BCUT2D eigenvalue weighted by atomic mass is 10.0. The summed E-state index contributed by atoms with van der Waals surface area (Å²) in [6.07, 6.45) is 1.75. The molecule has 5 rings (SSSR count). The van der Waals surface area contributed by atoms with E-state index in [9.17, 15) is 0 Å². The van der Waals surface area contributed by atoms with Gasteiger partial charge in [-0.3, -0.25) is 0 Å². The van der Waals surface area contributed by atoms with Gasteiger partial charge in [0.25, 0.3) is 0 Å². The number of hydrogen-bond acceptors (Lipinski definition) is 5. The molecule has 2 aromatic carbocycles. The molecule has 0 radical (unpaired) electrons. The van der Waals surface area contributed by atoms with Crippen LogP contribution in [0.4, 0.5) is 5.82 Å². The predicted octanol–water partition coefficient (Wildman–Crippen LogP) is 4.47. The molecule has 2 fully saturated rings. The first kappa shape index (κ1) is 18.4. The first-order chi connectivity index (χ1) is 14.2. The Labute approximate surface area is 171 Å². The third-order valence-corrected chi connectivity index (χ3v) is 5.81. The smallest absolute Gasteiger partial charge is 0.171 e. The quantitative estimate of drug-likeness (QED) is 0.658. The van der Waals surface area contributed by atoms with Crippen LogP contribution in [0.5, 0.6) is 5.75 Å². The number of pyridine rings is 1. The minimum absolute atomic E-state index is 0.366. The maximum atomic E-state index is 6.16. The van der Waals surface area contributed by atoms with Gasteiger partial charge in [-0.1, -0.05) is 42.0 Å². The first-order valence-electron chi connectivity index (χ1n) is 10.3. The average molecular weight is 390 g/mol. The van der Waals surface area contributed by atoms with Crippen LogP contribution < -0.4 is 9.64 Å². The number of rotatable bonds is 4.